The number of thiophene rings is 1. The number of carbonyl (C=O) groups excluding carboxylic acids is 1. The van der Waals surface area contributed by atoms with Crippen LogP contribution in [-0.2, 0) is 11.2 Å². The molecule has 0 fully saturated rings. The molecule has 5 heteroatoms. The molecule has 1 aromatic carbocycles. The van der Waals surface area contributed by atoms with Crippen LogP contribution >= 0.6 is 11.3 Å². The summed E-state index contributed by atoms with van der Waals surface area (Å²) in [4.78, 5) is 24.4. The Hall–Kier alpha value is -2.14. The van der Waals surface area contributed by atoms with Gasteiger partial charge >= 0.3 is 5.97 Å². The number of carboxylic acids is 1. The van der Waals surface area contributed by atoms with Crippen molar-refractivity contribution in [2.24, 2.45) is 0 Å². The number of rotatable bonds is 2. The molecule has 0 saturated heterocycles. The van der Waals surface area contributed by atoms with E-state index < -0.39 is 5.97 Å². The maximum Gasteiger partial charge on any atom is 0.337 e. The Bertz CT molecular complexity index is 690. The van der Waals surface area contributed by atoms with Gasteiger partial charge in [0.15, 0.2) is 0 Å². The highest BCUT2D eigenvalue weighted by Crippen LogP contribution is 2.34. The molecule has 2 heterocycles. The summed E-state index contributed by atoms with van der Waals surface area (Å²) in [5.41, 5.74) is 3.72. The summed E-state index contributed by atoms with van der Waals surface area (Å²) < 4.78 is 0. The molecule has 1 amide bonds. The predicted octanol–water partition coefficient (Wildman–Crippen LogP) is 2.63. The number of fused-ring (bicyclic) bond motifs is 1. The second-order valence-corrected chi connectivity index (χ2v) is 5.22. The Balaban J connectivity index is 2.09. The zero-order valence-electron chi connectivity index (χ0n) is 10.2. The van der Waals surface area contributed by atoms with Crippen LogP contribution in [0.15, 0.2) is 29.0 Å². The summed E-state index contributed by atoms with van der Waals surface area (Å²) in [6.45, 7) is 0. The minimum Gasteiger partial charge on any atom is -0.478 e. The Labute approximate surface area is 113 Å². The number of carboxylic acid groups (broad SMARTS) is 1. The molecule has 19 heavy (non-hydrogen) atoms. The van der Waals surface area contributed by atoms with E-state index in [1.807, 2.05) is 23.6 Å². The standard InChI is InChI=1S/C14H11NO3S/c1-15-12-3-2-8(4-9(12)5-13(15)16)10-6-19-7-11(10)14(17)18/h2-4,6-7H,5H2,1H3,(H,17,18). The van der Waals surface area contributed by atoms with Crippen LogP contribution in [-0.4, -0.2) is 24.0 Å². The van der Waals surface area contributed by atoms with Crippen LogP contribution in [0.5, 0.6) is 0 Å². The topological polar surface area (TPSA) is 57.6 Å². The molecular weight excluding hydrogens is 262 g/mol. The largest absolute Gasteiger partial charge is 0.478 e. The Morgan fingerprint density at radius 3 is 2.89 bits per heavy atom. The third-order valence-corrected chi connectivity index (χ3v) is 4.10. The maximum atomic E-state index is 11.6. The van der Waals surface area contributed by atoms with Gasteiger partial charge in [0.2, 0.25) is 5.91 Å². The van der Waals surface area contributed by atoms with Gasteiger partial charge in [-0.1, -0.05) is 6.07 Å². The first kappa shape index (κ1) is 11.9. The molecule has 0 bridgehead atoms. The minimum absolute atomic E-state index is 0.0657. The van der Waals surface area contributed by atoms with Gasteiger partial charge in [0.05, 0.1) is 12.0 Å². The summed E-state index contributed by atoms with van der Waals surface area (Å²) in [7, 11) is 1.75. The quantitative estimate of drug-likeness (QED) is 0.915. The van der Waals surface area contributed by atoms with Crippen LogP contribution in [0.4, 0.5) is 5.69 Å². The predicted molar refractivity (Wildman–Crippen MR) is 73.8 cm³/mol. The lowest BCUT2D eigenvalue weighted by Crippen LogP contribution is -2.20. The van der Waals surface area contributed by atoms with Gasteiger partial charge in [0.25, 0.3) is 0 Å². The van der Waals surface area contributed by atoms with Gasteiger partial charge < -0.3 is 10.0 Å². The number of benzene rings is 1. The van der Waals surface area contributed by atoms with Crippen LogP contribution in [0, 0.1) is 0 Å². The number of nitrogens with zero attached hydrogens (tertiary/aromatic N) is 1. The zero-order chi connectivity index (χ0) is 13.6. The first-order valence-electron chi connectivity index (χ1n) is 5.77. The van der Waals surface area contributed by atoms with Crippen molar-refractivity contribution in [3.05, 3.63) is 40.1 Å². The van der Waals surface area contributed by atoms with Gasteiger partial charge in [-0.15, -0.1) is 0 Å². The summed E-state index contributed by atoms with van der Waals surface area (Å²) in [6, 6.07) is 5.65. The molecule has 3 rings (SSSR count). The van der Waals surface area contributed by atoms with E-state index in [1.165, 1.54) is 11.3 Å². The van der Waals surface area contributed by atoms with E-state index in [4.69, 9.17) is 5.11 Å². The zero-order valence-corrected chi connectivity index (χ0v) is 11.0. The molecule has 0 aliphatic carbocycles. The second kappa shape index (κ2) is 4.20. The lowest BCUT2D eigenvalue weighted by Gasteiger charge is -2.10. The monoisotopic (exact) mass is 273 g/mol. The summed E-state index contributed by atoms with van der Waals surface area (Å²) in [5, 5.41) is 12.6. The summed E-state index contributed by atoms with van der Waals surface area (Å²) in [5.74, 6) is -0.860. The normalized spacial score (nSPS) is 13.7. The summed E-state index contributed by atoms with van der Waals surface area (Å²) >= 11 is 1.37. The molecule has 0 unspecified atom stereocenters. The number of amides is 1. The van der Waals surface area contributed by atoms with Crippen molar-refractivity contribution in [2.45, 2.75) is 6.42 Å². The third-order valence-electron chi connectivity index (χ3n) is 3.36. The van der Waals surface area contributed by atoms with Gasteiger partial charge in [-0.2, -0.15) is 11.3 Å². The van der Waals surface area contributed by atoms with Crippen LogP contribution in [0.1, 0.15) is 15.9 Å². The van der Waals surface area contributed by atoms with Gasteiger partial charge in [-0.3, -0.25) is 4.79 Å². The van der Waals surface area contributed by atoms with Gasteiger partial charge in [0, 0.05) is 23.7 Å². The first-order valence-corrected chi connectivity index (χ1v) is 6.71. The Kier molecular flexibility index (Phi) is 2.64. The lowest BCUT2D eigenvalue weighted by atomic mass is 10.0. The highest BCUT2D eigenvalue weighted by atomic mass is 32.1. The Morgan fingerprint density at radius 1 is 1.37 bits per heavy atom. The molecule has 1 aliphatic rings. The molecule has 1 aliphatic heterocycles. The van der Waals surface area contributed by atoms with E-state index in [0.717, 1.165) is 16.8 Å². The molecule has 1 N–H and O–H groups in total. The van der Waals surface area contributed by atoms with Crippen LogP contribution in [0.2, 0.25) is 0 Å². The van der Waals surface area contributed by atoms with Crippen LogP contribution < -0.4 is 4.90 Å². The third kappa shape index (κ3) is 1.82. The van der Waals surface area contributed by atoms with E-state index in [1.54, 1.807) is 17.3 Å². The van der Waals surface area contributed by atoms with Crippen molar-refractivity contribution < 1.29 is 14.7 Å². The first-order chi connectivity index (χ1) is 9.08. The van der Waals surface area contributed by atoms with Crippen LogP contribution in [0.3, 0.4) is 0 Å². The SMILES string of the molecule is CN1C(=O)Cc2cc(-c3cscc3C(=O)O)ccc21. The highest BCUT2D eigenvalue weighted by Gasteiger charge is 2.24. The van der Waals surface area contributed by atoms with E-state index in [9.17, 15) is 9.59 Å². The fourth-order valence-corrected chi connectivity index (χ4v) is 3.15. The van der Waals surface area contributed by atoms with Crippen molar-refractivity contribution in [2.75, 3.05) is 11.9 Å². The van der Waals surface area contributed by atoms with E-state index in [2.05, 4.69) is 0 Å². The molecular formula is C14H11NO3S. The van der Waals surface area contributed by atoms with Gasteiger partial charge in [0.1, 0.15) is 0 Å². The number of aromatic carboxylic acids is 1. The number of anilines is 1. The number of hydrogen-bond donors (Lipinski definition) is 1. The Morgan fingerprint density at radius 2 is 2.16 bits per heavy atom. The average Bonchev–Trinajstić information content (AvgIpc) is 2.95. The van der Waals surface area contributed by atoms with Gasteiger partial charge in [-0.05, 0) is 28.6 Å². The number of hydrogen-bond acceptors (Lipinski definition) is 3. The van der Waals surface area contributed by atoms with Crippen molar-refractivity contribution in [3.8, 4) is 11.1 Å². The van der Waals surface area contributed by atoms with Gasteiger partial charge in [-0.25, -0.2) is 4.79 Å². The molecule has 0 spiro atoms. The van der Waals surface area contributed by atoms with Crippen molar-refractivity contribution >= 4 is 28.9 Å². The molecule has 4 nitrogen and oxygen atoms in total. The molecule has 0 radical (unpaired) electrons. The smallest absolute Gasteiger partial charge is 0.337 e. The van der Waals surface area contributed by atoms with E-state index in [0.29, 0.717) is 17.5 Å². The van der Waals surface area contributed by atoms with Crippen molar-refractivity contribution in [1.82, 2.24) is 0 Å². The maximum absolute atomic E-state index is 11.6. The van der Waals surface area contributed by atoms with Crippen molar-refractivity contribution in [1.29, 1.82) is 0 Å². The lowest BCUT2D eigenvalue weighted by molar-refractivity contribution is -0.117. The van der Waals surface area contributed by atoms with Crippen LogP contribution in [0.25, 0.3) is 11.1 Å². The second-order valence-electron chi connectivity index (χ2n) is 4.48. The minimum atomic E-state index is -0.926. The molecule has 0 saturated carbocycles. The summed E-state index contributed by atoms with van der Waals surface area (Å²) in [6.07, 6.45) is 0.381. The van der Waals surface area contributed by atoms with Crippen molar-refractivity contribution in [3.63, 3.8) is 0 Å². The molecule has 1 aromatic heterocycles. The number of likely N-dealkylation sites (N-methyl/N-ethyl adjacent to an activating group) is 1. The average molecular weight is 273 g/mol. The molecule has 0 atom stereocenters. The van der Waals surface area contributed by atoms with E-state index in [-0.39, 0.29) is 5.91 Å². The fourth-order valence-electron chi connectivity index (χ4n) is 2.32. The number of carbonyl (C=O) groups is 2. The highest BCUT2D eigenvalue weighted by molar-refractivity contribution is 7.08. The van der Waals surface area contributed by atoms with E-state index >= 15 is 0 Å². The molecule has 2 aromatic rings. The molecule has 96 valence electrons. The fraction of sp³-hybridized carbons (Fsp3) is 0.143.